The van der Waals surface area contributed by atoms with Gasteiger partial charge in [0.25, 0.3) is 0 Å². The van der Waals surface area contributed by atoms with Gasteiger partial charge < -0.3 is 15.5 Å². The molecule has 0 spiro atoms. The highest BCUT2D eigenvalue weighted by Gasteiger charge is 2.21. The summed E-state index contributed by atoms with van der Waals surface area (Å²) >= 11 is 0. The summed E-state index contributed by atoms with van der Waals surface area (Å²) in [6.45, 7) is 2.75. The number of nitrogens with zero attached hydrogens (tertiary/aromatic N) is 3. The van der Waals surface area contributed by atoms with Gasteiger partial charge in [-0.1, -0.05) is 54.1 Å². The van der Waals surface area contributed by atoms with Gasteiger partial charge in [0.15, 0.2) is 0 Å². The molecular formula is C26H29N5O. The smallest absolute Gasteiger partial charge is 0.246 e. The van der Waals surface area contributed by atoms with Crippen molar-refractivity contribution in [1.29, 1.82) is 5.26 Å². The summed E-state index contributed by atoms with van der Waals surface area (Å²) in [4.78, 5) is 19.9. The molecule has 1 aromatic carbocycles. The predicted octanol–water partition coefficient (Wildman–Crippen LogP) is 4.37. The van der Waals surface area contributed by atoms with Crippen molar-refractivity contribution >= 4 is 17.4 Å². The Kier molecular flexibility index (Phi) is 7.31. The average Bonchev–Trinajstić information content (AvgIpc) is 3.38. The first kappa shape index (κ1) is 21.8. The number of amides is 1. The fourth-order valence-electron chi connectivity index (χ4n) is 4.12. The number of carbonyl (C=O) groups is 1. The fourth-order valence-corrected chi connectivity index (χ4v) is 4.12. The molecule has 1 aliphatic heterocycles. The number of aromatic nitrogens is 1. The van der Waals surface area contributed by atoms with Gasteiger partial charge in [0.1, 0.15) is 11.9 Å². The van der Waals surface area contributed by atoms with Crippen LogP contribution < -0.4 is 15.5 Å². The largest absolute Gasteiger partial charge is 0.357 e. The normalized spacial score (nSPS) is 18.7. The lowest BCUT2D eigenvalue weighted by Gasteiger charge is -2.20. The second-order valence-electron chi connectivity index (χ2n) is 8.25. The number of pyridine rings is 1. The maximum absolute atomic E-state index is 13.1. The van der Waals surface area contributed by atoms with Gasteiger partial charge in [-0.3, -0.25) is 4.79 Å². The van der Waals surface area contributed by atoms with E-state index in [0.717, 1.165) is 37.3 Å². The predicted molar refractivity (Wildman–Crippen MR) is 127 cm³/mol. The van der Waals surface area contributed by atoms with Crippen molar-refractivity contribution in [2.45, 2.75) is 31.7 Å². The third-order valence-corrected chi connectivity index (χ3v) is 5.95. The third-order valence-electron chi connectivity index (χ3n) is 5.95. The summed E-state index contributed by atoms with van der Waals surface area (Å²) in [7, 11) is 0. The summed E-state index contributed by atoms with van der Waals surface area (Å²) in [5.41, 5.74) is 2.81. The van der Waals surface area contributed by atoms with Crippen LogP contribution in [0.2, 0.25) is 0 Å². The Hall–Kier alpha value is -3.43. The van der Waals surface area contributed by atoms with E-state index in [0.29, 0.717) is 12.2 Å². The summed E-state index contributed by atoms with van der Waals surface area (Å²) in [5.74, 6) is 0.829. The fraction of sp³-hybridized carbons (Fsp3) is 0.346. The van der Waals surface area contributed by atoms with Crippen LogP contribution in [-0.4, -0.2) is 30.5 Å². The highest BCUT2D eigenvalue weighted by atomic mass is 16.2. The van der Waals surface area contributed by atoms with E-state index < -0.39 is 6.04 Å². The number of nitriles is 1. The van der Waals surface area contributed by atoms with Crippen LogP contribution in [0.4, 0.5) is 11.5 Å². The molecule has 2 aliphatic rings. The van der Waals surface area contributed by atoms with Crippen LogP contribution in [0.15, 0.2) is 72.5 Å². The number of benzene rings is 1. The second kappa shape index (κ2) is 10.7. The molecule has 6 nitrogen and oxygen atoms in total. The number of carbonyl (C=O) groups excluding carboxylic acids is 1. The second-order valence-corrected chi connectivity index (χ2v) is 8.25. The van der Waals surface area contributed by atoms with E-state index in [-0.39, 0.29) is 11.8 Å². The average molecular weight is 428 g/mol. The van der Waals surface area contributed by atoms with Crippen LogP contribution in [0.25, 0.3) is 0 Å². The Balaban J connectivity index is 1.38. The summed E-state index contributed by atoms with van der Waals surface area (Å²) in [6.07, 6.45) is 11.8. The molecule has 2 heterocycles. The van der Waals surface area contributed by atoms with Crippen LogP contribution in [0.3, 0.4) is 0 Å². The number of allylic oxidation sites excluding steroid dienone is 3. The Morgan fingerprint density at radius 3 is 2.66 bits per heavy atom. The molecule has 1 aromatic heterocycles. The first-order valence-corrected chi connectivity index (χ1v) is 11.3. The van der Waals surface area contributed by atoms with Crippen LogP contribution >= 0.6 is 0 Å². The van der Waals surface area contributed by atoms with E-state index >= 15 is 0 Å². The molecule has 4 rings (SSSR count). The molecule has 2 atom stereocenters. The van der Waals surface area contributed by atoms with Crippen molar-refractivity contribution in [3.63, 3.8) is 0 Å². The third kappa shape index (κ3) is 5.63. The van der Waals surface area contributed by atoms with Crippen LogP contribution in [0.1, 0.15) is 37.3 Å². The Labute approximate surface area is 189 Å². The number of nitrogens with one attached hydrogen (secondary N) is 2. The number of anilines is 2. The minimum absolute atomic E-state index is 0.0278. The first-order chi connectivity index (χ1) is 15.7. The molecule has 6 heteroatoms. The molecule has 2 aromatic rings. The van der Waals surface area contributed by atoms with E-state index in [1.54, 1.807) is 6.20 Å². The molecule has 2 unspecified atom stereocenters. The lowest BCUT2D eigenvalue weighted by molar-refractivity contribution is -0.118. The SMILES string of the molecule is N#CC1C=CC(CCNC(C(=O)Nc2ccc(N3CCCC3)nc2)c2ccccc2)=CC1. The maximum Gasteiger partial charge on any atom is 0.246 e. The summed E-state index contributed by atoms with van der Waals surface area (Å²) in [5, 5.41) is 15.4. The molecule has 1 aliphatic carbocycles. The van der Waals surface area contributed by atoms with Crippen molar-refractivity contribution in [2.75, 3.05) is 29.9 Å². The van der Waals surface area contributed by atoms with E-state index in [1.165, 1.54) is 18.4 Å². The molecule has 0 bridgehead atoms. The zero-order chi connectivity index (χ0) is 22.2. The minimum atomic E-state index is -0.463. The molecule has 0 radical (unpaired) electrons. The molecular weight excluding hydrogens is 398 g/mol. The quantitative estimate of drug-likeness (QED) is 0.654. The van der Waals surface area contributed by atoms with Gasteiger partial charge in [-0.25, -0.2) is 4.98 Å². The zero-order valence-corrected chi connectivity index (χ0v) is 18.2. The molecule has 2 N–H and O–H groups in total. The molecule has 164 valence electrons. The van der Waals surface area contributed by atoms with Crippen molar-refractivity contribution in [2.24, 2.45) is 5.92 Å². The molecule has 0 saturated carbocycles. The van der Waals surface area contributed by atoms with Gasteiger partial charge >= 0.3 is 0 Å². The highest BCUT2D eigenvalue weighted by molar-refractivity contribution is 5.95. The Bertz CT molecular complexity index is 1000. The van der Waals surface area contributed by atoms with Crippen LogP contribution in [0.5, 0.6) is 0 Å². The Morgan fingerprint density at radius 2 is 2.00 bits per heavy atom. The standard InChI is InChI=1S/C26H29N5O/c27-18-21-10-8-20(9-11-21)14-15-28-25(22-6-2-1-3-7-22)26(32)30-23-12-13-24(29-19-23)31-16-4-5-17-31/h1-3,6-10,12-13,19,21,25,28H,4-5,11,14-17H2,(H,30,32). The number of rotatable bonds is 8. The number of hydrogen-bond acceptors (Lipinski definition) is 5. The van der Waals surface area contributed by atoms with Crippen molar-refractivity contribution in [3.8, 4) is 6.07 Å². The molecule has 1 saturated heterocycles. The molecule has 1 amide bonds. The summed E-state index contributed by atoms with van der Waals surface area (Å²) < 4.78 is 0. The van der Waals surface area contributed by atoms with E-state index in [1.807, 2.05) is 54.6 Å². The van der Waals surface area contributed by atoms with Crippen molar-refractivity contribution in [1.82, 2.24) is 10.3 Å². The van der Waals surface area contributed by atoms with Gasteiger partial charge in [-0.15, -0.1) is 0 Å². The molecule has 1 fully saturated rings. The lowest BCUT2D eigenvalue weighted by atomic mass is 9.96. The monoisotopic (exact) mass is 427 g/mol. The van der Waals surface area contributed by atoms with E-state index in [2.05, 4.69) is 32.7 Å². The van der Waals surface area contributed by atoms with Crippen LogP contribution in [0, 0.1) is 17.2 Å². The van der Waals surface area contributed by atoms with Gasteiger partial charge in [0, 0.05) is 19.6 Å². The highest BCUT2D eigenvalue weighted by Crippen LogP contribution is 2.21. The van der Waals surface area contributed by atoms with Crippen molar-refractivity contribution in [3.05, 3.63) is 78.0 Å². The lowest BCUT2D eigenvalue weighted by Crippen LogP contribution is -2.33. The zero-order valence-electron chi connectivity index (χ0n) is 18.2. The Morgan fingerprint density at radius 1 is 1.19 bits per heavy atom. The number of hydrogen-bond donors (Lipinski definition) is 2. The summed E-state index contributed by atoms with van der Waals surface area (Å²) in [6, 6.07) is 15.5. The van der Waals surface area contributed by atoms with Gasteiger partial charge in [-0.05, 0) is 43.4 Å². The molecule has 32 heavy (non-hydrogen) atoms. The topological polar surface area (TPSA) is 81.0 Å². The van der Waals surface area contributed by atoms with E-state index in [9.17, 15) is 4.79 Å². The van der Waals surface area contributed by atoms with Gasteiger partial charge in [-0.2, -0.15) is 5.26 Å². The van der Waals surface area contributed by atoms with Crippen molar-refractivity contribution < 1.29 is 4.79 Å². The maximum atomic E-state index is 13.1. The first-order valence-electron chi connectivity index (χ1n) is 11.3. The minimum Gasteiger partial charge on any atom is -0.357 e. The van der Waals surface area contributed by atoms with Gasteiger partial charge in [0.05, 0.1) is 23.9 Å². The van der Waals surface area contributed by atoms with Crippen LogP contribution in [-0.2, 0) is 4.79 Å². The van der Waals surface area contributed by atoms with Gasteiger partial charge in [0.2, 0.25) is 5.91 Å². The van der Waals surface area contributed by atoms with E-state index in [4.69, 9.17) is 5.26 Å².